The predicted octanol–water partition coefficient (Wildman–Crippen LogP) is 1.16. The molecule has 0 saturated carbocycles. The van der Waals surface area contributed by atoms with E-state index in [1.54, 1.807) is 17.9 Å². The largest absolute Gasteiger partial charge is 0.338 e. The normalized spacial score (nSPS) is 16.1. The minimum atomic E-state index is -0.308. The zero-order valence-electron chi connectivity index (χ0n) is 9.24. The molecule has 0 unspecified atom stereocenters. The van der Waals surface area contributed by atoms with E-state index in [1.165, 1.54) is 12.1 Å². The van der Waals surface area contributed by atoms with E-state index in [0.717, 1.165) is 0 Å². The van der Waals surface area contributed by atoms with Gasteiger partial charge in [0.2, 0.25) is 0 Å². The molecule has 1 aromatic rings. The monoisotopic (exact) mass is 222 g/mol. The lowest BCUT2D eigenvalue weighted by Gasteiger charge is -2.38. The molecule has 1 aliphatic rings. The number of aryl methyl sites for hydroxylation is 1. The Balaban J connectivity index is 2.10. The number of nitrogens with zero attached hydrogens (tertiary/aromatic N) is 1. The standard InChI is InChI=1S/C12H15FN2O/c1-8-4-10(13)2-3-11(8)12(16)15-6-9(5-14)7-15/h2-4,9H,5-7,14H2,1H3. The van der Waals surface area contributed by atoms with E-state index < -0.39 is 0 Å². The van der Waals surface area contributed by atoms with Crippen LogP contribution in [0.5, 0.6) is 0 Å². The van der Waals surface area contributed by atoms with Crippen molar-refractivity contribution in [3.05, 3.63) is 35.1 Å². The zero-order valence-corrected chi connectivity index (χ0v) is 9.24. The maximum atomic E-state index is 12.9. The number of benzene rings is 1. The van der Waals surface area contributed by atoms with Crippen molar-refractivity contribution < 1.29 is 9.18 Å². The van der Waals surface area contributed by atoms with Crippen LogP contribution >= 0.6 is 0 Å². The number of likely N-dealkylation sites (tertiary alicyclic amines) is 1. The summed E-state index contributed by atoms with van der Waals surface area (Å²) in [6.07, 6.45) is 0. The maximum Gasteiger partial charge on any atom is 0.254 e. The van der Waals surface area contributed by atoms with Gasteiger partial charge in [-0.3, -0.25) is 4.79 Å². The molecular formula is C12H15FN2O. The first-order chi connectivity index (χ1) is 7.61. The molecule has 1 heterocycles. The molecule has 1 amide bonds. The van der Waals surface area contributed by atoms with E-state index in [0.29, 0.717) is 36.7 Å². The van der Waals surface area contributed by atoms with Gasteiger partial charge in [0, 0.05) is 24.6 Å². The Kier molecular flexibility index (Phi) is 2.92. The summed E-state index contributed by atoms with van der Waals surface area (Å²) in [5.74, 6) is 0.0874. The van der Waals surface area contributed by atoms with Gasteiger partial charge in [0.05, 0.1) is 0 Å². The first-order valence-electron chi connectivity index (χ1n) is 5.37. The van der Waals surface area contributed by atoms with Crippen molar-refractivity contribution in [3.63, 3.8) is 0 Å². The first-order valence-corrected chi connectivity index (χ1v) is 5.37. The van der Waals surface area contributed by atoms with Crippen LogP contribution in [0.1, 0.15) is 15.9 Å². The van der Waals surface area contributed by atoms with Gasteiger partial charge >= 0.3 is 0 Å². The summed E-state index contributed by atoms with van der Waals surface area (Å²) in [6, 6.07) is 4.25. The average molecular weight is 222 g/mol. The molecule has 1 fully saturated rings. The van der Waals surface area contributed by atoms with Crippen LogP contribution in [-0.4, -0.2) is 30.4 Å². The minimum Gasteiger partial charge on any atom is -0.338 e. The predicted molar refractivity (Wildman–Crippen MR) is 59.6 cm³/mol. The van der Waals surface area contributed by atoms with E-state index in [1.807, 2.05) is 0 Å². The Morgan fingerprint density at radius 3 is 2.81 bits per heavy atom. The van der Waals surface area contributed by atoms with Crippen LogP contribution in [0, 0.1) is 18.7 Å². The molecule has 1 aliphatic heterocycles. The van der Waals surface area contributed by atoms with Crippen LogP contribution in [0.2, 0.25) is 0 Å². The number of hydrogen-bond donors (Lipinski definition) is 1. The van der Waals surface area contributed by atoms with E-state index >= 15 is 0 Å². The van der Waals surface area contributed by atoms with Crippen LogP contribution in [0.3, 0.4) is 0 Å². The number of rotatable bonds is 2. The molecule has 2 rings (SSSR count). The third-order valence-electron chi connectivity index (χ3n) is 3.00. The van der Waals surface area contributed by atoms with Gasteiger partial charge in [-0.25, -0.2) is 4.39 Å². The van der Waals surface area contributed by atoms with Crippen molar-refractivity contribution in [2.75, 3.05) is 19.6 Å². The van der Waals surface area contributed by atoms with Gasteiger partial charge in [-0.1, -0.05) is 0 Å². The summed E-state index contributed by atoms with van der Waals surface area (Å²) in [4.78, 5) is 13.7. The van der Waals surface area contributed by atoms with Crippen LogP contribution in [0.15, 0.2) is 18.2 Å². The van der Waals surface area contributed by atoms with E-state index in [4.69, 9.17) is 5.73 Å². The number of amides is 1. The highest BCUT2D eigenvalue weighted by Gasteiger charge is 2.30. The fourth-order valence-electron chi connectivity index (χ4n) is 1.92. The van der Waals surface area contributed by atoms with Crippen molar-refractivity contribution in [2.24, 2.45) is 11.7 Å². The molecule has 2 N–H and O–H groups in total. The number of nitrogens with two attached hydrogens (primary N) is 1. The number of halogens is 1. The van der Waals surface area contributed by atoms with Gasteiger partial charge in [-0.15, -0.1) is 0 Å². The molecule has 0 bridgehead atoms. The molecule has 3 nitrogen and oxygen atoms in total. The van der Waals surface area contributed by atoms with E-state index in [2.05, 4.69) is 0 Å². The fraction of sp³-hybridized carbons (Fsp3) is 0.417. The number of carbonyl (C=O) groups excluding carboxylic acids is 1. The number of hydrogen-bond acceptors (Lipinski definition) is 2. The third kappa shape index (κ3) is 1.93. The topological polar surface area (TPSA) is 46.3 Å². The number of carbonyl (C=O) groups is 1. The highest BCUT2D eigenvalue weighted by atomic mass is 19.1. The van der Waals surface area contributed by atoms with Crippen LogP contribution in [0.25, 0.3) is 0 Å². The van der Waals surface area contributed by atoms with Crippen LogP contribution < -0.4 is 5.73 Å². The molecule has 16 heavy (non-hydrogen) atoms. The van der Waals surface area contributed by atoms with Crippen LogP contribution in [0.4, 0.5) is 4.39 Å². The van der Waals surface area contributed by atoms with Gasteiger partial charge in [-0.2, -0.15) is 0 Å². The first kappa shape index (κ1) is 11.1. The Labute approximate surface area is 94.0 Å². The SMILES string of the molecule is Cc1cc(F)ccc1C(=O)N1CC(CN)C1. The summed E-state index contributed by atoms with van der Waals surface area (Å²) < 4.78 is 12.9. The molecule has 0 spiro atoms. The van der Waals surface area contributed by atoms with Crippen molar-refractivity contribution >= 4 is 5.91 Å². The lowest BCUT2D eigenvalue weighted by Crippen LogP contribution is -2.52. The Morgan fingerprint density at radius 2 is 2.25 bits per heavy atom. The van der Waals surface area contributed by atoms with Crippen molar-refractivity contribution in [3.8, 4) is 0 Å². The van der Waals surface area contributed by atoms with Gasteiger partial charge in [-0.05, 0) is 37.2 Å². The fourth-order valence-corrected chi connectivity index (χ4v) is 1.92. The summed E-state index contributed by atoms with van der Waals surface area (Å²) >= 11 is 0. The Bertz CT molecular complexity index is 413. The van der Waals surface area contributed by atoms with Gasteiger partial charge in [0.15, 0.2) is 0 Å². The molecule has 0 aromatic heterocycles. The summed E-state index contributed by atoms with van der Waals surface area (Å²) in [7, 11) is 0. The quantitative estimate of drug-likeness (QED) is 0.816. The van der Waals surface area contributed by atoms with Gasteiger partial charge < -0.3 is 10.6 Å². The molecule has 86 valence electrons. The highest BCUT2D eigenvalue weighted by molar-refractivity contribution is 5.96. The molecule has 0 radical (unpaired) electrons. The smallest absolute Gasteiger partial charge is 0.254 e. The second kappa shape index (κ2) is 4.22. The second-order valence-electron chi connectivity index (χ2n) is 4.27. The van der Waals surface area contributed by atoms with Crippen molar-refractivity contribution in [1.29, 1.82) is 0 Å². The highest BCUT2D eigenvalue weighted by Crippen LogP contribution is 2.19. The van der Waals surface area contributed by atoms with Crippen LogP contribution in [-0.2, 0) is 0 Å². The summed E-state index contributed by atoms with van der Waals surface area (Å²) in [5.41, 5.74) is 6.76. The zero-order chi connectivity index (χ0) is 11.7. The summed E-state index contributed by atoms with van der Waals surface area (Å²) in [5, 5.41) is 0. The lowest BCUT2D eigenvalue weighted by molar-refractivity contribution is 0.0514. The minimum absolute atomic E-state index is 0.0257. The second-order valence-corrected chi connectivity index (χ2v) is 4.27. The van der Waals surface area contributed by atoms with Crippen molar-refractivity contribution in [2.45, 2.75) is 6.92 Å². The van der Waals surface area contributed by atoms with Gasteiger partial charge in [0.25, 0.3) is 5.91 Å². The molecule has 1 saturated heterocycles. The third-order valence-corrected chi connectivity index (χ3v) is 3.00. The Hall–Kier alpha value is -1.42. The average Bonchev–Trinajstić information content (AvgIpc) is 2.15. The molecule has 1 aromatic carbocycles. The van der Waals surface area contributed by atoms with Gasteiger partial charge in [0.1, 0.15) is 5.82 Å². The summed E-state index contributed by atoms with van der Waals surface area (Å²) in [6.45, 7) is 3.79. The molecule has 0 atom stereocenters. The molecular weight excluding hydrogens is 207 g/mol. The van der Waals surface area contributed by atoms with E-state index in [9.17, 15) is 9.18 Å². The molecule has 0 aliphatic carbocycles. The van der Waals surface area contributed by atoms with Crippen molar-refractivity contribution in [1.82, 2.24) is 4.90 Å². The van der Waals surface area contributed by atoms with E-state index in [-0.39, 0.29) is 11.7 Å². The lowest BCUT2D eigenvalue weighted by atomic mass is 9.98. The Morgan fingerprint density at radius 1 is 1.56 bits per heavy atom. The molecule has 4 heteroatoms. The maximum absolute atomic E-state index is 12.9.